The lowest BCUT2D eigenvalue weighted by Crippen LogP contribution is -2.60. The summed E-state index contributed by atoms with van der Waals surface area (Å²) in [5, 5.41) is 76.0. The maximum absolute atomic E-state index is 13.2. The number of nitrogens with one attached hydrogen (secondary N) is 1. The van der Waals surface area contributed by atoms with Gasteiger partial charge in [-0.3, -0.25) is 4.79 Å². The summed E-state index contributed by atoms with van der Waals surface area (Å²) in [6.07, 6.45) is 48.3. The molecular weight excluding hydrogens is 895 g/mol. The van der Waals surface area contributed by atoms with Crippen LogP contribution in [0.2, 0.25) is 0 Å². The Kier molecular flexibility index (Phi) is 47.1. The minimum Gasteiger partial charge on any atom is -0.394 e. The molecule has 1 aliphatic heterocycles. The van der Waals surface area contributed by atoms with Crippen LogP contribution in [0.5, 0.6) is 0 Å². The van der Waals surface area contributed by atoms with Gasteiger partial charge in [-0.05, 0) is 44.9 Å². The molecular formula is C60H115NO10. The molecule has 0 aromatic heterocycles. The fraction of sp³-hybridized carbons (Fsp3) is 0.917. The van der Waals surface area contributed by atoms with Gasteiger partial charge in [0.25, 0.3) is 0 Å². The number of amides is 1. The molecule has 1 aliphatic rings. The van der Waals surface area contributed by atoms with Crippen molar-refractivity contribution in [2.45, 2.75) is 339 Å². The van der Waals surface area contributed by atoms with Crippen molar-refractivity contribution in [2.75, 3.05) is 13.2 Å². The lowest BCUT2D eigenvalue weighted by Gasteiger charge is -2.40. The van der Waals surface area contributed by atoms with Gasteiger partial charge < -0.3 is 50.5 Å². The first-order valence-corrected chi connectivity index (χ1v) is 30.2. The molecule has 9 atom stereocenters. The second-order valence-corrected chi connectivity index (χ2v) is 21.4. The molecule has 8 N–H and O–H groups in total. The van der Waals surface area contributed by atoms with Gasteiger partial charge in [-0.1, -0.05) is 263 Å². The van der Waals surface area contributed by atoms with Crippen molar-refractivity contribution in [3.05, 3.63) is 24.3 Å². The number of carbonyl (C=O) groups is 1. The van der Waals surface area contributed by atoms with E-state index in [1.54, 1.807) is 0 Å². The average molecular weight is 1010 g/mol. The topological polar surface area (TPSA) is 189 Å². The van der Waals surface area contributed by atoms with Crippen molar-refractivity contribution in [3.8, 4) is 0 Å². The fourth-order valence-electron chi connectivity index (χ4n) is 9.83. The number of hydrogen-bond donors (Lipinski definition) is 8. The van der Waals surface area contributed by atoms with E-state index in [2.05, 4.69) is 43.5 Å². The van der Waals surface area contributed by atoms with Crippen LogP contribution in [0.4, 0.5) is 0 Å². The van der Waals surface area contributed by atoms with Crippen LogP contribution < -0.4 is 5.32 Å². The highest BCUT2D eigenvalue weighted by Gasteiger charge is 2.44. The second kappa shape index (κ2) is 49.5. The fourth-order valence-corrected chi connectivity index (χ4v) is 9.83. The van der Waals surface area contributed by atoms with E-state index >= 15 is 0 Å². The summed E-state index contributed by atoms with van der Waals surface area (Å²) < 4.78 is 11.1. The monoisotopic (exact) mass is 1010 g/mol. The largest absolute Gasteiger partial charge is 0.394 e. The van der Waals surface area contributed by atoms with Gasteiger partial charge in [-0.2, -0.15) is 0 Å². The first-order chi connectivity index (χ1) is 34.7. The Bertz CT molecular complexity index is 1200. The number of hydrogen-bond acceptors (Lipinski definition) is 10. The highest BCUT2D eigenvalue weighted by atomic mass is 16.7. The molecule has 1 amide bonds. The van der Waals surface area contributed by atoms with Crippen molar-refractivity contribution in [1.29, 1.82) is 0 Å². The van der Waals surface area contributed by atoms with Crippen molar-refractivity contribution >= 4 is 5.91 Å². The highest BCUT2D eigenvalue weighted by molar-refractivity contribution is 5.80. The van der Waals surface area contributed by atoms with Gasteiger partial charge in [-0.25, -0.2) is 0 Å². The van der Waals surface area contributed by atoms with Gasteiger partial charge in [0.15, 0.2) is 6.29 Å². The van der Waals surface area contributed by atoms with Gasteiger partial charge >= 0.3 is 0 Å². The van der Waals surface area contributed by atoms with Crippen LogP contribution in [0.15, 0.2) is 24.3 Å². The Labute approximate surface area is 435 Å². The lowest BCUT2D eigenvalue weighted by molar-refractivity contribution is -0.303. The standard InChI is InChI=1S/C60H115NO10/c1-3-5-7-9-11-13-15-17-18-19-20-21-22-23-24-25-26-27-28-29-30-31-32-33-34-35-36-38-40-42-44-46-48-53(64)59(69)61-51(50-70-60-58(68)57(67)56(66)54(49-62)71-60)55(65)52(63)47-45-43-41-39-37-16-14-12-10-8-6-4-2/h20-21,23-24,51-58,60,62-68H,3-19,22,25-50H2,1-2H3,(H,61,69)/b21-20-,24-23-. The molecule has 0 aromatic carbocycles. The van der Waals surface area contributed by atoms with Crippen LogP contribution in [0.25, 0.3) is 0 Å². The van der Waals surface area contributed by atoms with Crippen molar-refractivity contribution in [1.82, 2.24) is 5.32 Å². The van der Waals surface area contributed by atoms with E-state index in [9.17, 15) is 40.5 Å². The molecule has 71 heavy (non-hydrogen) atoms. The smallest absolute Gasteiger partial charge is 0.249 e. The van der Waals surface area contributed by atoms with E-state index in [0.29, 0.717) is 19.3 Å². The van der Waals surface area contributed by atoms with Gasteiger partial charge in [0.1, 0.15) is 36.6 Å². The third-order valence-electron chi connectivity index (χ3n) is 14.8. The minimum atomic E-state index is -1.66. The molecule has 0 aromatic rings. The molecule has 0 radical (unpaired) electrons. The van der Waals surface area contributed by atoms with Crippen LogP contribution >= 0.6 is 0 Å². The maximum Gasteiger partial charge on any atom is 0.249 e. The third-order valence-corrected chi connectivity index (χ3v) is 14.8. The number of unbranched alkanes of at least 4 members (excludes halogenated alkanes) is 36. The molecule has 420 valence electrons. The second-order valence-electron chi connectivity index (χ2n) is 21.4. The molecule has 0 aliphatic carbocycles. The van der Waals surface area contributed by atoms with Crippen molar-refractivity contribution in [2.24, 2.45) is 0 Å². The molecule has 9 unspecified atom stereocenters. The zero-order valence-electron chi connectivity index (χ0n) is 46.0. The summed E-state index contributed by atoms with van der Waals surface area (Å²) in [6, 6.07) is -1.17. The Morgan fingerprint density at radius 1 is 0.493 bits per heavy atom. The zero-order valence-corrected chi connectivity index (χ0v) is 46.0. The Morgan fingerprint density at radius 3 is 1.25 bits per heavy atom. The number of allylic oxidation sites excluding steroid dienone is 4. The van der Waals surface area contributed by atoms with Crippen LogP contribution in [-0.4, -0.2) is 110 Å². The van der Waals surface area contributed by atoms with Gasteiger partial charge in [0.2, 0.25) is 5.91 Å². The highest BCUT2D eigenvalue weighted by Crippen LogP contribution is 2.24. The van der Waals surface area contributed by atoms with E-state index in [-0.39, 0.29) is 6.42 Å². The molecule has 0 spiro atoms. The summed E-state index contributed by atoms with van der Waals surface area (Å²) in [5.41, 5.74) is 0. The van der Waals surface area contributed by atoms with Crippen LogP contribution in [0.1, 0.15) is 284 Å². The predicted octanol–water partition coefficient (Wildman–Crippen LogP) is 12.9. The number of carbonyl (C=O) groups excluding carboxylic acids is 1. The van der Waals surface area contributed by atoms with E-state index in [4.69, 9.17) is 9.47 Å². The Balaban J connectivity index is 2.18. The summed E-state index contributed by atoms with van der Waals surface area (Å²) in [5.74, 6) is -0.694. The molecule has 0 bridgehead atoms. The van der Waals surface area contributed by atoms with E-state index in [1.807, 2.05) is 0 Å². The van der Waals surface area contributed by atoms with Crippen LogP contribution in [0, 0.1) is 0 Å². The van der Waals surface area contributed by atoms with Crippen molar-refractivity contribution < 1.29 is 50.0 Å². The molecule has 1 fully saturated rings. The van der Waals surface area contributed by atoms with Crippen LogP contribution in [-0.2, 0) is 14.3 Å². The number of aliphatic hydroxyl groups is 7. The Hall–Kier alpha value is -1.41. The molecule has 0 saturated carbocycles. The molecule has 1 rings (SSSR count). The van der Waals surface area contributed by atoms with E-state index in [1.165, 1.54) is 199 Å². The SMILES string of the molecule is CCCCCCCCCCC/C=C\C/C=C\CCCCCCCCCCCCCCCCCCC(O)C(=O)NC(COC1OC(CO)C(O)C(O)C1O)C(O)C(O)CCCCCCCCCCCCCC. The Morgan fingerprint density at radius 2 is 0.859 bits per heavy atom. The summed E-state index contributed by atoms with van der Waals surface area (Å²) in [4.78, 5) is 13.2. The maximum atomic E-state index is 13.2. The molecule has 11 heteroatoms. The first-order valence-electron chi connectivity index (χ1n) is 30.2. The average Bonchev–Trinajstić information content (AvgIpc) is 3.37. The summed E-state index contributed by atoms with van der Waals surface area (Å²) in [7, 11) is 0. The van der Waals surface area contributed by atoms with E-state index < -0.39 is 74.2 Å². The predicted molar refractivity (Wildman–Crippen MR) is 293 cm³/mol. The minimum absolute atomic E-state index is 0.262. The van der Waals surface area contributed by atoms with Gasteiger partial charge in [0.05, 0.1) is 25.4 Å². The number of aliphatic hydroxyl groups excluding tert-OH is 7. The first kappa shape index (κ1) is 67.6. The quantitative estimate of drug-likeness (QED) is 0.0215. The summed E-state index contributed by atoms with van der Waals surface area (Å²) >= 11 is 0. The lowest BCUT2D eigenvalue weighted by atomic mass is 9.98. The number of ether oxygens (including phenoxy) is 2. The molecule has 1 heterocycles. The van der Waals surface area contributed by atoms with Crippen LogP contribution in [0.3, 0.4) is 0 Å². The zero-order chi connectivity index (χ0) is 51.8. The third kappa shape index (κ3) is 37.9. The van der Waals surface area contributed by atoms with E-state index in [0.717, 1.165) is 44.9 Å². The van der Waals surface area contributed by atoms with Gasteiger partial charge in [-0.15, -0.1) is 0 Å². The normalized spacial score (nSPS) is 20.3. The summed E-state index contributed by atoms with van der Waals surface area (Å²) in [6.45, 7) is 3.46. The molecule has 11 nitrogen and oxygen atoms in total. The molecule has 1 saturated heterocycles. The van der Waals surface area contributed by atoms with Gasteiger partial charge in [0, 0.05) is 0 Å². The number of rotatable bonds is 52. The van der Waals surface area contributed by atoms with Crippen molar-refractivity contribution in [3.63, 3.8) is 0 Å².